The number of hydrogen-bond acceptors (Lipinski definition) is 1. The summed E-state index contributed by atoms with van der Waals surface area (Å²) < 4.78 is 0. The van der Waals surface area contributed by atoms with E-state index in [0.717, 1.165) is 16.8 Å². The molecule has 1 aliphatic heterocycles. The van der Waals surface area contributed by atoms with Crippen molar-refractivity contribution in [2.45, 2.75) is 6.92 Å². The highest BCUT2D eigenvalue weighted by Crippen LogP contribution is 2.44. The molecular formula is C41H29N2-. The fourth-order valence-corrected chi connectivity index (χ4v) is 6.52. The molecule has 2 heteroatoms. The van der Waals surface area contributed by atoms with E-state index in [0.29, 0.717) is 6.54 Å². The van der Waals surface area contributed by atoms with Crippen LogP contribution >= 0.6 is 0 Å². The molecule has 0 bridgehead atoms. The molecule has 2 nitrogen and oxygen atoms in total. The number of fused-ring (bicyclic) bond motifs is 3. The fraction of sp³-hybridized carbons (Fsp3) is 0.0488. The van der Waals surface area contributed by atoms with Crippen molar-refractivity contribution in [3.63, 3.8) is 0 Å². The second-order valence-electron chi connectivity index (χ2n) is 11.3. The van der Waals surface area contributed by atoms with Crippen LogP contribution in [0.2, 0.25) is 0 Å². The molecule has 0 saturated carbocycles. The Labute approximate surface area is 251 Å². The van der Waals surface area contributed by atoms with Crippen molar-refractivity contribution >= 4 is 43.5 Å². The maximum atomic E-state index is 4.69. The summed E-state index contributed by atoms with van der Waals surface area (Å²) in [5, 5.41) is 12.3. The number of allylic oxidation sites excluding steroid dienone is 2. The summed E-state index contributed by atoms with van der Waals surface area (Å²) in [5.74, 6) is 0. The van der Waals surface area contributed by atoms with Gasteiger partial charge in [0.25, 0.3) is 0 Å². The normalized spacial score (nSPS) is 13.1. The molecule has 204 valence electrons. The minimum absolute atomic E-state index is 0.680. The highest BCUT2D eigenvalue weighted by molar-refractivity contribution is 6.21. The molecule has 6 aromatic carbocycles. The number of rotatable bonds is 4. The van der Waals surface area contributed by atoms with Gasteiger partial charge in [-0.2, -0.15) is 6.20 Å². The molecule has 8 rings (SSSR count). The summed E-state index contributed by atoms with van der Waals surface area (Å²) in [5.41, 5.74) is 10.7. The Hall–Kier alpha value is -5.47. The fourth-order valence-electron chi connectivity index (χ4n) is 6.52. The lowest BCUT2D eigenvalue weighted by Gasteiger charge is -2.26. The van der Waals surface area contributed by atoms with Gasteiger partial charge >= 0.3 is 0 Å². The van der Waals surface area contributed by atoms with Crippen LogP contribution < -0.4 is 0 Å². The molecule has 0 radical (unpaired) electrons. The van der Waals surface area contributed by atoms with Crippen LogP contribution in [-0.2, 0) is 0 Å². The number of aromatic nitrogens is 1. The lowest BCUT2D eigenvalue weighted by atomic mass is 9.85. The molecule has 0 aliphatic carbocycles. The predicted octanol–water partition coefficient (Wildman–Crippen LogP) is 11.0. The van der Waals surface area contributed by atoms with E-state index in [1.807, 2.05) is 19.3 Å². The second kappa shape index (κ2) is 10.4. The van der Waals surface area contributed by atoms with E-state index in [1.165, 1.54) is 65.7 Å². The first kappa shape index (κ1) is 25.3. The molecule has 7 aromatic rings. The van der Waals surface area contributed by atoms with Gasteiger partial charge < -0.3 is 5.32 Å². The average molecular weight is 550 g/mol. The number of nitrogens with zero attached hydrogens (tertiary/aromatic N) is 2. The first-order valence-corrected chi connectivity index (χ1v) is 14.8. The molecule has 0 fully saturated rings. The van der Waals surface area contributed by atoms with Crippen LogP contribution in [0.3, 0.4) is 0 Å². The summed E-state index contributed by atoms with van der Waals surface area (Å²) in [6.07, 6.45) is 6.10. The predicted molar refractivity (Wildman–Crippen MR) is 183 cm³/mol. The van der Waals surface area contributed by atoms with Crippen LogP contribution in [0, 0.1) is 6.92 Å². The van der Waals surface area contributed by atoms with E-state index in [-0.39, 0.29) is 0 Å². The van der Waals surface area contributed by atoms with Gasteiger partial charge in [0, 0.05) is 11.9 Å². The number of aryl methyl sites for hydroxylation is 1. The third-order valence-corrected chi connectivity index (χ3v) is 8.57. The topological polar surface area (TPSA) is 27.0 Å². The standard InChI is InChI=1S/C41H29N2/c1-27-22-32(20-21-43-27)35-24-34(25-42-26-35)29-14-17-30(18-15-29)40-36-10-4-6-12-38(36)41(39-13-7-5-11-37(39)40)33-19-16-28-8-2-3-9-31(28)23-33/h2-24,26H,25H2,1H3/q-1. The summed E-state index contributed by atoms with van der Waals surface area (Å²) in [6, 6.07) is 46.3. The minimum Gasteiger partial charge on any atom is -0.686 e. The zero-order valence-corrected chi connectivity index (χ0v) is 24.0. The Balaban J connectivity index is 1.26. The summed E-state index contributed by atoms with van der Waals surface area (Å²) >= 11 is 0. The Morgan fingerprint density at radius 3 is 1.79 bits per heavy atom. The highest BCUT2D eigenvalue weighted by atomic mass is 14.8. The zero-order valence-electron chi connectivity index (χ0n) is 24.0. The van der Waals surface area contributed by atoms with Gasteiger partial charge in [0.1, 0.15) is 0 Å². The van der Waals surface area contributed by atoms with Crippen LogP contribution in [0.15, 0.2) is 146 Å². The SMILES string of the molecule is Cc1cc(C2=C[N-]CC(c3ccc(-c4c5ccccc5c(-c5ccc6ccccc6c5)c5ccccc45)cc3)=C2)ccn1. The van der Waals surface area contributed by atoms with Crippen molar-refractivity contribution in [1.82, 2.24) is 4.98 Å². The molecular weight excluding hydrogens is 520 g/mol. The lowest BCUT2D eigenvalue weighted by Crippen LogP contribution is -1.97. The number of benzene rings is 6. The average Bonchev–Trinajstić information content (AvgIpc) is 3.07. The van der Waals surface area contributed by atoms with E-state index in [2.05, 4.69) is 138 Å². The summed E-state index contributed by atoms with van der Waals surface area (Å²) in [4.78, 5) is 4.35. The van der Waals surface area contributed by atoms with Gasteiger partial charge in [0.2, 0.25) is 0 Å². The highest BCUT2D eigenvalue weighted by Gasteiger charge is 2.17. The van der Waals surface area contributed by atoms with Gasteiger partial charge in [-0.1, -0.05) is 121 Å². The van der Waals surface area contributed by atoms with Crippen LogP contribution in [0.25, 0.3) is 71.0 Å². The van der Waals surface area contributed by atoms with E-state index in [4.69, 9.17) is 5.32 Å². The second-order valence-corrected chi connectivity index (χ2v) is 11.3. The minimum atomic E-state index is 0.680. The van der Waals surface area contributed by atoms with Crippen LogP contribution in [0.4, 0.5) is 0 Å². The van der Waals surface area contributed by atoms with Crippen molar-refractivity contribution in [3.8, 4) is 22.3 Å². The molecule has 0 saturated heterocycles. The van der Waals surface area contributed by atoms with Gasteiger partial charge in [0.05, 0.1) is 0 Å². The van der Waals surface area contributed by atoms with E-state index in [1.54, 1.807) is 0 Å². The van der Waals surface area contributed by atoms with Crippen LogP contribution in [0.5, 0.6) is 0 Å². The first-order chi connectivity index (χ1) is 21.2. The van der Waals surface area contributed by atoms with Crippen LogP contribution in [0.1, 0.15) is 16.8 Å². The van der Waals surface area contributed by atoms with Gasteiger partial charge in [-0.25, -0.2) is 0 Å². The first-order valence-electron chi connectivity index (χ1n) is 14.8. The van der Waals surface area contributed by atoms with Crippen LogP contribution in [-0.4, -0.2) is 11.5 Å². The number of pyridine rings is 1. The van der Waals surface area contributed by atoms with Crippen molar-refractivity contribution < 1.29 is 0 Å². The van der Waals surface area contributed by atoms with E-state index in [9.17, 15) is 0 Å². The third kappa shape index (κ3) is 4.49. The van der Waals surface area contributed by atoms with Crippen molar-refractivity contribution in [2.24, 2.45) is 0 Å². The Morgan fingerprint density at radius 2 is 1.12 bits per heavy atom. The van der Waals surface area contributed by atoms with E-state index >= 15 is 0 Å². The molecule has 43 heavy (non-hydrogen) atoms. The number of hydrogen-bond donors (Lipinski definition) is 0. The quantitative estimate of drug-likeness (QED) is 0.201. The third-order valence-electron chi connectivity index (χ3n) is 8.57. The molecule has 0 spiro atoms. The molecule has 1 aliphatic rings. The Bertz CT molecular complexity index is 2180. The van der Waals surface area contributed by atoms with Crippen molar-refractivity contribution in [3.05, 3.63) is 168 Å². The largest absolute Gasteiger partial charge is 0.686 e. The molecule has 2 heterocycles. The van der Waals surface area contributed by atoms with Gasteiger partial charge in [0.15, 0.2) is 0 Å². The molecule has 0 N–H and O–H groups in total. The summed E-state index contributed by atoms with van der Waals surface area (Å²) in [6.45, 7) is 2.70. The van der Waals surface area contributed by atoms with Gasteiger partial charge in [-0.15, -0.1) is 6.54 Å². The van der Waals surface area contributed by atoms with Crippen molar-refractivity contribution in [2.75, 3.05) is 6.54 Å². The Kier molecular flexibility index (Phi) is 6.12. The monoisotopic (exact) mass is 549 g/mol. The smallest absolute Gasteiger partial charge is 0.0378 e. The Morgan fingerprint density at radius 1 is 0.535 bits per heavy atom. The molecule has 0 atom stereocenters. The molecule has 0 amide bonds. The summed E-state index contributed by atoms with van der Waals surface area (Å²) in [7, 11) is 0. The molecule has 0 unspecified atom stereocenters. The lowest BCUT2D eigenvalue weighted by molar-refractivity contribution is 1.19. The van der Waals surface area contributed by atoms with E-state index < -0.39 is 0 Å². The van der Waals surface area contributed by atoms with Gasteiger partial charge in [-0.05, 0) is 96.4 Å². The maximum Gasteiger partial charge on any atom is 0.0378 e. The molecule has 1 aromatic heterocycles. The van der Waals surface area contributed by atoms with Crippen molar-refractivity contribution in [1.29, 1.82) is 0 Å². The maximum absolute atomic E-state index is 4.69. The zero-order chi connectivity index (χ0) is 28.8. The van der Waals surface area contributed by atoms with Gasteiger partial charge in [-0.3, -0.25) is 4.98 Å².